The van der Waals surface area contributed by atoms with Crippen molar-refractivity contribution in [3.8, 4) is 0 Å². The summed E-state index contributed by atoms with van der Waals surface area (Å²) in [6.07, 6.45) is 0.492. The summed E-state index contributed by atoms with van der Waals surface area (Å²) in [6.45, 7) is 8.45. The van der Waals surface area contributed by atoms with Crippen LogP contribution in [0.4, 0.5) is 13.6 Å². The number of carbonyl (C=O) groups is 2. The SMILES string of the molecule is C=CCC(CN(C)C(=O)C(F)(F)Cl)(CN(C(=O)O)C(C)(C)C)c1ccc(Cl)c(Cl)c1. The van der Waals surface area contributed by atoms with Gasteiger partial charge in [0.25, 0.3) is 0 Å². The predicted octanol–water partition coefficient (Wildman–Crippen LogP) is 5.88. The van der Waals surface area contributed by atoms with Crippen LogP contribution < -0.4 is 0 Å². The molecule has 0 bridgehead atoms. The molecule has 0 saturated carbocycles. The molecular formula is C20H25Cl3F2N2O3. The summed E-state index contributed by atoms with van der Waals surface area (Å²) >= 11 is 17.1. The number of allylic oxidation sites excluding steroid dienone is 1. The number of carboxylic acid groups (broad SMARTS) is 1. The standard InChI is InChI=1S/C20H25Cl3F2N2O3/c1-6-9-19(11-26(5)16(28)20(23,24)25,12-27(17(29)30)18(2,3)4)13-7-8-14(21)15(22)10-13/h6-8,10H,1,9,11-12H2,2-5H3,(H,29,30). The zero-order chi connectivity index (χ0) is 23.5. The van der Waals surface area contributed by atoms with E-state index < -0.39 is 28.3 Å². The Bertz CT molecular complexity index is 809. The molecule has 1 rings (SSSR count). The van der Waals surface area contributed by atoms with E-state index in [4.69, 9.17) is 34.8 Å². The van der Waals surface area contributed by atoms with Gasteiger partial charge in [0, 0.05) is 31.1 Å². The van der Waals surface area contributed by atoms with Gasteiger partial charge in [-0.3, -0.25) is 4.79 Å². The molecule has 168 valence electrons. The van der Waals surface area contributed by atoms with E-state index in [1.807, 2.05) is 0 Å². The fourth-order valence-electron chi connectivity index (χ4n) is 3.22. The van der Waals surface area contributed by atoms with Gasteiger partial charge in [-0.1, -0.05) is 35.3 Å². The van der Waals surface area contributed by atoms with Crippen molar-refractivity contribution in [1.82, 2.24) is 9.80 Å². The van der Waals surface area contributed by atoms with E-state index in [1.165, 1.54) is 30.2 Å². The first-order valence-electron chi connectivity index (χ1n) is 8.94. The molecule has 0 radical (unpaired) electrons. The Morgan fingerprint density at radius 2 is 1.73 bits per heavy atom. The Morgan fingerprint density at radius 1 is 1.17 bits per heavy atom. The maximum Gasteiger partial charge on any atom is 0.407 e. The summed E-state index contributed by atoms with van der Waals surface area (Å²) in [5, 5.41) is 6.17. The van der Waals surface area contributed by atoms with E-state index in [0.29, 0.717) is 5.56 Å². The van der Waals surface area contributed by atoms with Crippen LogP contribution in [0.5, 0.6) is 0 Å². The van der Waals surface area contributed by atoms with Crippen molar-refractivity contribution >= 4 is 46.8 Å². The lowest BCUT2D eigenvalue weighted by Crippen LogP contribution is -2.56. The van der Waals surface area contributed by atoms with Crippen LogP contribution >= 0.6 is 34.8 Å². The van der Waals surface area contributed by atoms with Crippen molar-refractivity contribution in [2.24, 2.45) is 0 Å². The third-order valence-corrected chi connectivity index (χ3v) is 5.60. The summed E-state index contributed by atoms with van der Waals surface area (Å²) in [5.74, 6) is -1.60. The third kappa shape index (κ3) is 6.46. The van der Waals surface area contributed by atoms with Gasteiger partial charge in [-0.15, -0.1) is 6.58 Å². The Balaban J connectivity index is 3.64. The van der Waals surface area contributed by atoms with Gasteiger partial charge in [-0.05, 0) is 56.5 Å². The molecule has 1 aromatic rings. The molecule has 1 aromatic carbocycles. The lowest BCUT2D eigenvalue weighted by Gasteiger charge is -2.44. The number of hydrogen-bond donors (Lipinski definition) is 1. The average molecular weight is 486 g/mol. The second kappa shape index (κ2) is 9.71. The van der Waals surface area contributed by atoms with E-state index in [-0.39, 0.29) is 29.6 Å². The average Bonchev–Trinajstić information content (AvgIpc) is 2.59. The number of nitrogens with zero attached hydrogens (tertiary/aromatic N) is 2. The smallest absolute Gasteiger partial charge is 0.407 e. The molecule has 0 heterocycles. The maximum absolute atomic E-state index is 13.4. The van der Waals surface area contributed by atoms with E-state index in [2.05, 4.69) is 6.58 Å². The fourth-order valence-corrected chi connectivity index (χ4v) is 3.66. The number of rotatable bonds is 8. The second-order valence-corrected chi connectivity index (χ2v) is 9.39. The molecule has 0 aliphatic carbocycles. The molecule has 0 aliphatic rings. The van der Waals surface area contributed by atoms with E-state index in [0.717, 1.165) is 4.90 Å². The molecule has 1 N–H and O–H groups in total. The van der Waals surface area contributed by atoms with Gasteiger partial charge in [0.2, 0.25) is 0 Å². The predicted molar refractivity (Wildman–Crippen MR) is 116 cm³/mol. The van der Waals surface area contributed by atoms with Crippen LogP contribution in [0.2, 0.25) is 10.0 Å². The molecule has 0 aliphatic heterocycles. The number of benzene rings is 1. The second-order valence-electron chi connectivity index (χ2n) is 8.10. The molecule has 1 atom stereocenters. The summed E-state index contributed by atoms with van der Waals surface area (Å²) in [6, 6.07) is 4.68. The lowest BCUT2D eigenvalue weighted by molar-refractivity contribution is -0.146. The van der Waals surface area contributed by atoms with Crippen LogP contribution in [-0.4, -0.2) is 58.0 Å². The van der Waals surface area contributed by atoms with Crippen molar-refractivity contribution in [3.05, 3.63) is 46.5 Å². The Hall–Kier alpha value is -1.57. The number of alkyl halides is 3. The zero-order valence-electron chi connectivity index (χ0n) is 17.2. The normalized spacial score (nSPS) is 14.0. The van der Waals surface area contributed by atoms with Gasteiger partial charge in [0.05, 0.1) is 10.0 Å². The summed E-state index contributed by atoms with van der Waals surface area (Å²) in [4.78, 5) is 26.0. The summed E-state index contributed by atoms with van der Waals surface area (Å²) in [5.41, 5.74) is -1.44. The number of halogens is 5. The molecule has 0 aromatic heterocycles. The van der Waals surface area contributed by atoms with E-state index in [9.17, 15) is 23.5 Å². The lowest BCUT2D eigenvalue weighted by atomic mass is 9.75. The maximum atomic E-state index is 13.4. The fraction of sp³-hybridized carbons (Fsp3) is 0.500. The van der Waals surface area contributed by atoms with Gasteiger partial charge in [-0.25, -0.2) is 4.79 Å². The minimum Gasteiger partial charge on any atom is -0.465 e. The first-order valence-corrected chi connectivity index (χ1v) is 10.1. The van der Waals surface area contributed by atoms with Crippen molar-refractivity contribution in [1.29, 1.82) is 0 Å². The first kappa shape index (κ1) is 26.5. The van der Waals surface area contributed by atoms with Gasteiger partial charge in [0.15, 0.2) is 0 Å². The number of hydrogen-bond acceptors (Lipinski definition) is 2. The van der Waals surface area contributed by atoms with E-state index >= 15 is 0 Å². The quantitative estimate of drug-likeness (QED) is 0.370. The highest BCUT2D eigenvalue weighted by molar-refractivity contribution is 6.42. The van der Waals surface area contributed by atoms with Gasteiger partial charge in [-0.2, -0.15) is 8.78 Å². The highest BCUT2D eigenvalue weighted by atomic mass is 35.5. The van der Waals surface area contributed by atoms with Gasteiger partial charge < -0.3 is 14.9 Å². The Labute approximate surface area is 190 Å². The molecule has 5 nitrogen and oxygen atoms in total. The molecule has 10 heteroatoms. The van der Waals surface area contributed by atoms with Gasteiger partial charge in [0.1, 0.15) is 0 Å². The Kier molecular flexibility index (Phi) is 8.56. The molecule has 0 fully saturated rings. The van der Waals surface area contributed by atoms with Crippen LogP contribution in [0.3, 0.4) is 0 Å². The minimum absolute atomic E-state index is 0.124. The molecule has 0 saturated heterocycles. The van der Waals surface area contributed by atoms with Crippen LogP contribution in [0.1, 0.15) is 32.8 Å². The number of amides is 2. The minimum atomic E-state index is -4.09. The number of carbonyl (C=O) groups excluding carboxylic acids is 1. The number of likely N-dealkylation sites (N-methyl/N-ethyl adjacent to an activating group) is 1. The van der Waals surface area contributed by atoms with Crippen LogP contribution in [0.25, 0.3) is 0 Å². The highest BCUT2D eigenvalue weighted by Crippen LogP contribution is 2.37. The summed E-state index contributed by atoms with van der Waals surface area (Å²) in [7, 11) is 1.18. The monoisotopic (exact) mass is 484 g/mol. The van der Waals surface area contributed by atoms with Crippen molar-refractivity contribution in [3.63, 3.8) is 0 Å². The molecule has 1 unspecified atom stereocenters. The van der Waals surface area contributed by atoms with Crippen molar-refractivity contribution in [2.45, 2.75) is 43.5 Å². The zero-order valence-corrected chi connectivity index (χ0v) is 19.5. The highest BCUT2D eigenvalue weighted by Gasteiger charge is 2.44. The molecule has 0 spiro atoms. The van der Waals surface area contributed by atoms with Crippen LogP contribution in [0, 0.1) is 0 Å². The molecule has 30 heavy (non-hydrogen) atoms. The van der Waals surface area contributed by atoms with Crippen molar-refractivity contribution in [2.75, 3.05) is 20.1 Å². The van der Waals surface area contributed by atoms with E-state index in [1.54, 1.807) is 26.8 Å². The van der Waals surface area contributed by atoms with Gasteiger partial charge >= 0.3 is 17.4 Å². The third-order valence-electron chi connectivity index (χ3n) is 4.70. The van der Waals surface area contributed by atoms with Crippen LogP contribution in [0.15, 0.2) is 30.9 Å². The molecular weight excluding hydrogens is 461 g/mol. The largest absolute Gasteiger partial charge is 0.465 e. The summed E-state index contributed by atoms with van der Waals surface area (Å²) < 4.78 is 26.9. The van der Waals surface area contributed by atoms with Crippen molar-refractivity contribution < 1.29 is 23.5 Å². The van der Waals surface area contributed by atoms with Crippen LogP contribution in [-0.2, 0) is 10.2 Å². The first-order chi connectivity index (χ1) is 13.5. The topological polar surface area (TPSA) is 60.9 Å². The molecule has 2 amide bonds. The Morgan fingerprint density at radius 3 is 2.13 bits per heavy atom.